The Morgan fingerprint density at radius 3 is 2.33 bits per heavy atom. The number of nitrogens with zero attached hydrogens (tertiary/aromatic N) is 1. The molecular weight excluding hydrogens is 472 g/mol. The molecule has 1 heterocycles. The summed E-state index contributed by atoms with van der Waals surface area (Å²) in [4.78, 5) is 15.4. The Balaban J connectivity index is 1.52. The monoisotopic (exact) mass is 502 g/mol. The lowest BCUT2D eigenvalue weighted by Gasteiger charge is -2.16. The summed E-state index contributed by atoms with van der Waals surface area (Å²) in [6.07, 6.45) is 2.32. The van der Waals surface area contributed by atoms with E-state index < -0.39 is 10.0 Å². The van der Waals surface area contributed by atoms with Crippen molar-refractivity contribution in [1.29, 1.82) is 0 Å². The van der Waals surface area contributed by atoms with E-state index in [0.29, 0.717) is 41.1 Å². The Morgan fingerprint density at radius 1 is 0.972 bits per heavy atom. The van der Waals surface area contributed by atoms with Crippen LogP contribution in [0.15, 0.2) is 72.8 Å². The third-order valence-corrected chi connectivity index (χ3v) is 8.24. The fourth-order valence-corrected chi connectivity index (χ4v) is 5.62. The standard InChI is InChI=1S/C28H30N4O3S/c1-32(2)17-16-19-8-10-21(11-9-19)29-27(20-6-4-3-5-7-20)26-24-18-22(12-15-25(24)30-28(26)33)31-36(34,35)23-13-14-23/h3-12,15,18,23,29,31H,13-14,16-17H2,1-2H3,(H,30,33)/b27-26-. The molecule has 1 aliphatic carbocycles. The summed E-state index contributed by atoms with van der Waals surface area (Å²) in [5.74, 6) is -0.235. The van der Waals surface area contributed by atoms with E-state index in [2.05, 4.69) is 46.5 Å². The average molecular weight is 503 g/mol. The van der Waals surface area contributed by atoms with Crippen molar-refractivity contribution in [1.82, 2.24) is 4.90 Å². The van der Waals surface area contributed by atoms with E-state index >= 15 is 0 Å². The fraction of sp³-hybridized carbons (Fsp3) is 0.250. The first-order valence-electron chi connectivity index (χ1n) is 12.1. The van der Waals surface area contributed by atoms with Crippen molar-refractivity contribution in [3.8, 4) is 0 Å². The van der Waals surface area contributed by atoms with Crippen LogP contribution in [0.1, 0.15) is 29.5 Å². The van der Waals surface area contributed by atoms with Crippen molar-refractivity contribution in [3.63, 3.8) is 0 Å². The van der Waals surface area contributed by atoms with Gasteiger partial charge in [0.1, 0.15) is 0 Å². The molecule has 1 aliphatic heterocycles. The van der Waals surface area contributed by atoms with Gasteiger partial charge in [-0.05, 0) is 74.8 Å². The number of amides is 1. The van der Waals surface area contributed by atoms with Gasteiger partial charge in [-0.2, -0.15) is 0 Å². The van der Waals surface area contributed by atoms with Crippen molar-refractivity contribution in [2.45, 2.75) is 24.5 Å². The van der Waals surface area contributed by atoms with Crippen molar-refractivity contribution >= 4 is 44.3 Å². The molecule has 3 N–H and O–H groups in total. The normalized spacial score (nSPS) is 16.5. The highest BCUT2D eigenvalue weighted by Gasteiger charge is 2.36. The van der Waals surface area contributed by atoms with Crippen LogP contribution in [0.3, 0.4) is 0 Å². The summed E-state index contributed by atoms with van der Waals surface area (Å²) in [7, 11) is 0.699. The van der Waals surface area contributed by atoms with E-state index in [9.17, 15) is 13.2 Å². The smallest absolute Gasteiger partial charge is 0.258 e. The lowest BCUT2D eigenvalue weighted by molar-refractivity contribution is -0.110. The molecule has 0 saturated heterocycles. The molecule has 0 aromatic heterocycles. The minimum absolute atomic E-state index is 0.235. The molecular formula is C28H30N4O3S. The van der Waals surface area contributed by atoms with Crippen LogP contribution in [0, 0.1) is 0 Å². The molecule has 0 radical (unpaired) electrons. The molecule has 186 valence electrons. The van der Waals surface area contributed by atoms with Gasteiger partial charge in [-0.3, -0.25) is 9.52 Å². The van der Waals surface area contributed by atoms with Gasteiger partial charge in [0.05, 0.1) is 16.5 Å². The first-order valence-corrected chi connectivity index (χ1v) is 13.6. The Labute approximate surface area is 212 Å². The molecule has 0 bridgehead atoms. The van der Waals surface area contributed by atoms with Crippen LogP contribution in [0.25, 0.3) is 11.3 Å². The quantitative estimate of drug-likeness (QED) is 0.371. The zero-order valence-corrected chi connectivity index (χ0v) is 21.2. The van der Waals surface area contributed by atoms with E-state index in [1.807, 2.05) is 42.5 Å². The first-order chi connectivity index (χ1) is 17.3. The van der Waals surface area contributed by atoms with Crippen LogP contribution >= 0.6 is 0 Å². The molecule has 1 amide bonds. The molecule has 1 fully saturated rings. The summed E-state index contributed by atoms with van der Waals surface area (Å²) < 4.78 is 27.7. The number of likely N-dealkylation sites (N-methyl/N-ethyl adjacent to an activating group) is 1. The van der Waals surface area contributed by atoms with Gasteiger partial charge in [-0.1, -0.05) is 42.5 Å². The summed E-state index contributed by atoms with van der Waals surface area (Å²) in [6, 6.07) is 23.1. The molecule has 0 unspecified atom stereocenters. The van der Waals surface area contributed by atoms with Crippen molar-refractivity contribution in [2.24, 2.45) is 0 Å². The number of sulfonamides is 1. The zero-order chi connectivity index (χ0) is 25.3. The SMILES string of the molecule is CN(C)CCc1ccc(N/C(=C2\C(=O)Nc3ccc(NS(=O)(=O)C4CC4)cc32)c2ccccc2)cc1. The minimum Gasteiger partial charge on any atom is -0.354 e. The number of rotatable bonds is 9. The van der Waals surface area contributed by atoms with Gasteiger partial charge < -0.3 is 15.5 Å². The van der Waals surface area contributed by atoms with Crippen LogP contribution < -0.4 is 15.4 Å². The second kappa shape index (κ2) is 9.79. The number of carbonyl (C=O) groups excluding carboxylic acids is 1. The number of nitrogens with one attached hydrogen (secondary N) is 3. The fourth-order valence-electron chi connectivity index (χ4n) is 4.24. The van der Waals surface area contributed by atoms with Crippen molar-refractivity contribution < 1.29 is 13.2 Å². The third-order valence-electron chi connectivity index (χ3n) is 6.37. The van der Waals surface area contributed by atoms with Crippen LogP contribution in [-0.2, 0) is 21.2 Å². The van der Waals surface area contributed by atoms with E-state index in [1.54, 1.807) is 18.2 Å². The van der Waals surface area contributed by atoms with Gasteiger partial charge in [0, 0.05) is 29.2 Å². The molecule has 8 heteroatoms. The number of anilines is 3. The Bertz CT molecular complexity index is 1410. The summed E-state index contributed by atoms with van der Waals surface area (Å²) in [5.41, 5.74) is 5.85. The predicted octanol–water partition coefficient (Wildman–Crippen LogP) is 4.63. The highest BCUT2D eigenvalue weighted by Crippen LogP contribution is 2.39. The highest BCUT2D eigenvalue weighted by atomic mass is 32.2. The maximum atomic E-state index is 13.2. The van der Waals surface area contributed by atoms with Gasteiger partial charge in [-0.25, -0.2) is 8.42 Å². The molecule has 2 aliphatic rings. The molecule has 5 rings (SSSR count). The van der Waals surface area contributed by atoms with Crippen LogP contribution in [0.2, 0.25) is 0 Å². The third kappa shape index (κ3) is 5.29. The Kier molecular flexibility index (Phi) is 6.55. The molecule has 1 saturated carbocycles. The van der Waals surface area contributed by atoms with E-state index in [-0.39, 0.29) is 11.2 Å². The van der Waals surface area contributed by atoms with Crippen molar-refractivity contribution in [2.75, 3.05) is 36.0 Å². The molecule has 3 aromatic rings. The Hall–Kier alpha value is -3.62. The van der Waals surface area contributed by atoms with Gasteiger partial charge in [0.25, 0.3) is 5.91 Å². The maximum absolute atomic E-state index is 13.2. The van der Waals surface area contributed by atoms with Gasteiger partial charge >= 0.3 is 0 Å². The van der Waals surface area contributed by atoms with Crippen LogP contribution in [0.5, 0.6) is 0 Å². The molecule has 3 aromatic carbocycles. The maximum Gasteiger partial charge on any atom is 0.258 e. The van der Waals surface area contributed by atoms with E-state index in [0.717, 1.165) is 24.2 Å². The largest absolute Gasteiger partial charge is 0.354 e. The van der Waals surface area contributed by atoms with Gasteiger partial charge in [0.2, 0.25) is 10.0 Å². The summed E-state index contributed by atoms with van der Waals surface area (Å²) in [5, 5.41) is 6.06. The van der Waals surface area contributed by atoms with Crippen molar-refractivity contribution in [3.05, 3.63) is 89.5 Å². The number of hydrogen-bond donors (Lipinski definition) is 3. The van der Waals surface area contributed by atoms with E-state index in [4.69, 9.17) is 0 Å². The first kappa shape index (κ1) is 24.1. The van der Waals surface area contributed by atoms with Crippen LogP contribution in [0.4, 0.5) is 17.1 Å². The van der Waals surface area contributed by atoms with Gasteiger partial charge in [-0.15, -0.1) is 0 Å². The lowest BCUT2D eigenvalue weighted by atomic mass is 9.99. The number of hydrogen-bond acceptors (Lipinski definition) is 5. The predicted molar refractivity (Wildman–Crippen MR) is 146 cm³/mol. The lowest BCUT2D eigenvalue weighted by Crippen LogP contribution is -2.17. The molecule has 0 spiro atoms. The number of fused-ring (bicyclic) bond motifs is 1. The molecule has 7 nitrogen and oxygen atoms in total. The average Bonchev–Trinajstić information content (AvgIpc) is 3.67. The summed E-state index contributed by atoms with van der Waals surface area (Å²) >= 11 is 0. The second-order valence-corrected chi connectivity index (χ2v) is 11.5. The zero-order valence-electron chi connectivity index (χ0n) is 20.4. The number of benzene rings is 3. The molecule has 0 atom stereocenters. The second-order valence-electron chi connectivity index (χ2n) is 9.55. The van der Waals surface area contributed by atoms with Crippen LogP contribution in [-0.4, -0.2) is 45.1 Å². The number of carbonyl (C=O) groups is 1. The van der Waals surface area contributed by atoms with Gasteiger partial charge in [0.15, 0.2) is 0 Å². The van der Waals surface area contributed by atoms with E-state index in [1.165, 1.54) is 5.56 Å². The highest BCUT2D eigenvalue weighted by molar-refractivity contribution is 7.93. The topological polar surface area (TPSA) is 90.5 Å². The molecule has 36 heavy (non-hydrogen) atoms. The minimum atomic E-state index is -3.41. The Morgan fingerprint density at radius 2 is 1.67 bits per heavy atom. The summed E-state index contributed by atoms with van der Waals surface area (Å²) in [6.45, 7) is 0.968.